The number of carbonyl (C=O) groups is 1. The summed E-state index contributed by atoms with van der Waals surface area (Å²) in [6.45, 7) is 6.76. The van der Waals surface area contributed by atoms with Crippen molar-refractivity contribution in [1.29, 1.82) is 0 Å². The molecule has 0 bridgehead atoms. The lowest BCUT2D eigenvalue weighted by molar-refractivity contribution is -0.119. The molecule has 8 nitrogen and oxygen atoms in total. The van der Waals surface area contributed by atoms with E-state index in [0.717, 1.165) is 40.6 Å². The second-order valence-electron chi connectivity index (χ2n) is 10.3. The van der Waals surface area contributed by atoms with Crippen molar-refractivity contribution in [3.8, 4) is 11.5 Å². The summed E-state index contributed by atoms with van der Waals surface area (Å²) < 4.78 is 39.7. The number of methoxy groups -OCH3 is 2. The molecule has 0 saturated carbocycles. The van der Waals surface area contributed by atoms with Gasteiger partial charge >= 0.3 is 0 Å². The Morgan fingerprint density at radius 1 is 0.875 bits per heavy atom. The number of amides is 1. The molecule has 1 amide bonds. The molecule has 1 saturated heterocycles. The standard InChI is InChI=1S/C31H39N3O5S/c1-23-16-24(2)18-27(17-23)34(40(36,37)28-12-13-29(38-3)30(19-28)39-4)22-31(35)32-20-25-10-6-7-11-26(25)21-33-14-8-5-9-15-33/h6-7,10-13,16-19H,5,8-9,14-15,20-22H2,1-4H3,(H,32,35). The molecule has 0 aliphatic carbocycles. The largest absolute Gasteiger partial charge is 0.493 e. The molecule has 1 heterocycles. The van der Waals surface area contributed by atoms with Crippen molar-refractivity contribution in [2.45, 2.75) is 51.1 Å². The highest BCUT2D eigenvalue weighted by Gasteiger charge is 2.29. The topological polar surface area (TPSA) is 88.2 Å². The maximum Gasteiger partial charge on any atom is 0.264 e. The van der Waals surface area contributed by atoms with E-state index in [0.29, 0.717) is 23.7 Å². The zero-order valence-electron chi connectivity index (χ0n) is 23.8. The van der Waals surface area contributed by atoms with Gasteiger partial charge in [-0.3, -0.25) is 14.0 Å². The number of hydrogen-bond donors (Lipinski definition) is 1. The van der Waals surface area contributed by atoms with Crippen molar-refractivity contribution < 1.29 is 22.7 Å². The molecule has 0 spiro atoms. The van der Waals surface area contributed by atoms with Crippen LogP contribution in [-0.2, 0) is 27.9 Å². The average molecular weight is 566 g/mol. The Morgan fingerprint density at radius 3 is 2.17 bits per heavy atom. The fraction of sp³-hybridized carbons (Fsp3) is 0.387. The summed E-state index contributed by atoms with van der Waals surface area (Å²) in [4.78, 5) is 15.8. The highest BCUT2D eigenvalue weighted by atomic mass is 32.2. The molecular formula is C31H39N3O5S. The first-order valence-corrected chi connectivity index (χ1v) is 15.0. The molecule has 1 aliphatic rings. The van der Waals surface area contributed by atoms with Crippen LogP contribution in [0.3, 0.4) is 0 Å². The van der Waals surface area contributed by atoms with Gasteiger partial charge in [0.15, 0.2) is 11.5 Å². The van der Waals surface area contributed by atoms with Crippen LogP contribution in [0.4, 0.5) is 5.69 Å². The van der Waals surface area contributed by atoms with Gasteiger partial charge < -0.3 is 14.8 Å². The number of sulfonamides is 1. The van der Waals surface area contributed by atoms with Gasteiger partial charge in [-0.1, -0.05) is 36.8 Å². The molecule has 4 rings (SSSR count). The predicted molar refractivity (Wildman–Crippen MR) is 157 cm³/mol. The van der Waals surface area contributed by atoms with Crippen molar-refractivity contribution in [3.63, 3.8) is 0 Å². The van der Waals surface area contributed by atoms with E-state index in [1.54, 1.807) is 18.2 Å². The minimum Gasteiger partial charge on any atom is -0.493 e. The van der Waals surface area contributed by atoms with Crippen LogP contribution in [0, 0.1) is 13.8 Å². The first-order valence-electron chi connectivity index (χ1n) is 13.6. The number of ether oxygens (including phenoxy) is 2. The Labute approximate surface area is 238 Å². The SMILES string of the molecule is COc1ccc(S(=O)(=O)N(CC(=O)NCc2ccccc2CN2CCCCC2)c2cc(C)cc(C)c2)cc1OC. The third kappa shape index (κ3) is 7.14. The monoisotopic (exact) mass is 565 g/mol. The van der Waals surface area contributed by atoms with Gasteiger partial charge in [0.1, 0.15) is 6.54 Å². The molecule has 0 unspecified atom stereocenters. The lowest BCUT2D eigenvalue weighted by atomic mass is 10.0. The summed E-state index contributed by atoms with van der Waals surface area (Å²) in [6, 6.07) is 18.0. The van der Waals surface area contributed by atoms with Crippen LogP contribution in [0.15, 0.2) is 65.6 Å². The molecule has 0 radical (unpaired) electrons. The van der Waals surface area contributed by atoms with Gasteiger partial charge in [-0.2, -0.15) is 0 Å². The Kier molecular flexibility index (Phi) is 9.71. The summed E-state index contributed by atoms with van der Waals surface area (Å²) >= 11 is 0. The minimum absolute atomic E-state index is 0.00369. The van der Waals surface area contributed by atoms with Gasteiger partial charge in [0.25, 0.3) is 10.0 Å². The molecule has 1 aliphatic heterocycles. The number of carbonyl (C=O) groups excluding carboxylic acids is 1. The lowest BCUT2D eigenvalue weighted by Gasteiger charge is -2.27. The Bertz CT molecular complexity index is 1410. The summed E-state index contributed by atoms with van der Waals surface area (Å²) in [5.41, 5.74) is 4.42. The van der Waals surface area contributed by atoms with E-state index in [4.69, 9.17) is 9.47 Å². The van der Waals surface area contributed by atoms with Gasteiger partial charge in [-0.25, -0.2) is 8.42 Å². The quantitative estimate of drug-likeness (QED) is 0.359. The Balaban J connectivity index is 1.57. The van der Waals surface area contributed by atoms with Gasteiger partial charge in [0.2, 0.25) is 5.91 Å². The van der Waals surface area contributed by atoms with Gasteiger partial charge in [-0.05, 0) is 86.3 Å². The zero-order chi connectivity index (χ0) is 28.7. The Hall–Kier alpha value is -3.56. The summed E-state index contributed by atoms with van der Waals surface area (Å²) in [5.74, 6) is 0.315. The highest BCUT2D eigenvalue weighted by molar-refractivity contribution is 7.92. The summed E-state index contributed by atoms with van der Waals surface area (Å²) in [5, 5.41) is 2.96. The molecule has 1 fully saturated rings. The van der Waals surface area contributed by atoms with Gasteiger partial charge in [-0.15, -0.1) is 0 Å². The van der Waals surface area contributed by atoms with Crippen molar-refractivity contribution in [3.05, 3.63) is 82.9 Å². The van der Waals surface area contributed by atoms with Gasteiger partial charge in [0.05, 0.1) is 24.8 Å². The summed E-state index contributed by atoms with van der Waals surface area (Å²) in [7, 11) is -1.18. The van der Waals surface area contributed by atoms with Crippen molar-refractivity contribution in [2.24, 2.45) is 0 Å². The van der Waals surface area contributed by atoms with E-state index >= 15 is 0 Å². The summed E-state index contributed by atoms with van der Waals surface area (Å²) in [6.07, 6.45) is 3.70. The van der Waals surface area contributed by atoms with E-state index in [2.05, 4.69) is 16.3 Å². The van der Waals surface area contributed by atoms with Crippen molar-refractivity contribution in [2.75, 3.05) is 38.2 Å². The number of nitrogens with one attached hydrogen (secondary N) is 1. The molecule has 40 heavy (non-hydrogen) atoms. The fourth-order valence-corrected chi connectivity index (χ4v) is 6.56. The Morgan fingerprint density at radius 2 is 1.52 bits per heavy atom. The molecule has 1 N–H and O–H groups in total. The van der Waals surface area contributed by atoms with Crippen LogP contribution < -0.4 is 19.1 Å². The number of nitrogens with zero attached hydrogens (tertiary/aromatic N) is 2. The predicted octanol–water partition coefficient (Wildman–Crippen LogP) is 4.82. The number of benzene rings is 3. The van der Waals surface area contributed by atoms with Crippen molar-refractivity contribution >= 4 is 21.6 Å². The normalized spacial score (nSPS) is 14.0. The second kappa shape index (κ2) is 13.2. The van der Waals surface area contributed by atoms with Crippen LogP contribution in [0.5, 0.6) is 11.5 Å². The number of aryl methyl sites for hydroxylation is 2. The molecule has 3 aromatic rings. The van der Waals surface area contributed by atoms with E-state index < -0.39 is 15.9 Å². The molecule has 214 valence electrons. The highest BCUT2D eigenvalue weighted by Crippen LogP contribution is 2.32. The van der Waals surface area contributed by atoms with E-state index in [1.807, 2.05) is 38.1 Å². The molecular weight excluding hydrogens is 526 g/mol. The van der Waals surface area contributed by atoms with E-state index in [9.17, 15) is 13.2 Å². The molecule has 0 atom stereocenters. The van der Waals surface area contributed by atoms with Crippen LogP contribution in [0.2, 0.25) is 0 Å². The molecule has 9 heteroatoms. The maximum absolute atomic E-state index is 14.0. The van der Waals surface area contributed by atoms with Crippen LogP contribution in [-0.4, -0.2) is 53.1 Å². The maximum atomic E-state index is 14.0. The lowest BCUT2D eigenvalue weighted by Crippen LogP contribution is -2.41. The first-order chi connectivity index (χ1) is 19.2. The van der Waals surface area contributed by atoms with Gasteiger partial charge in [0, 0.05) is 19.2 Å². The number of anilines is 1. The number of rotatable bonds is 11. The molecule has 0 aromatic heterocycles. The van der Waals surface area contributed by atoms with Crippen LogP contribution in [0.25, 0.3) is 0 Å². The van der Waals surface area contributed by atoms with E-state index in [-0.39, 0.29) is 11.4 Å². The average Bonchev–Trinajstić information content (AvgIpc) is 2.95. The van der Waals surface area contributed by atoms with Crippen molar-refractivity contribution in [1.82, 2.24) is 10.2 Å². The zero-order valence-corrected chi connectivity index (χ0v) is 24.6. The number of hydrogen-bond acceptors (Lipinski definition) is 6. The minimum atomic E-state index is -4.12. The van der Waals surface area contributed by atoms with Crippen LogP contribution >= 0.6 is 0 Å². The van der Waals surface area contributed by atoms with E-state index in [1.165, 1.54) is 51.2 Å². The smallest absolute Gasteiger partial charge is 0.264 e. The number of likely N-dealkylation sites (tertiary alicyclic amines) is 1. The third-order valence-electron chi connectivity index (χ3n) is 7.16. The fourth-order valence-electron chi connectivity index (χ4n) is 5.14. The number of piperidine rings is 1. The first kappa shape index (κ1) is 29.4. The second-order valence-corrected chi connectivity index (χ2v) is 12.1. The molecule has 3 aromatic carbocycles. The van der Waals surface area contributed by atoms with Crippen LogP contribution in [0.1, 0.15) is 41.5 Å². The third-order valence-corrected chi connectivity index (χ3v) is 8.93.